The molecule has 1 atom stereocenters. The van der Waals surface area contributed by atoms with Crippen LogP contribution in [0.5, 0.6) is 0 Å². The molecule has 1 heteroatoms. The van der Waals surface area contributed by atoms with Crippen LogP contribution in [0, 0.1) is 0 Å². The van der Waals surface area contributed by atoms with Gasteiger partial charge in [-0.25, -0.2) is 0 Å². The van der Waals surface area contributed by atoms with E-state index in [1.165, 1.54) is 16.8 Å². The molecule has 3 rings (SSSR count). The molecule has 0 N–H and O–H groups in total. The van der Waals surface area contributed by atoms with Gasteiger partial charge in [0.1, 0.15) is 0 Å². The predicted molar refractivity (Wildman–Crippen MR) is 86.7 cm³/mol. The number of para-hydroxylation sites is 1. The molecule has 1 aliphatic rings. The molecule has 2 aromatic carbocycles. The maximum Gasteiger partial charge on any atom is 0.0670 e. The quantitative estimate of drug-likeness (QED) is 0.724. The van der Waals surface area contributed by atoms with Gasteiger partial charge in [-0.1, -0.05) is 60.7 Å². The van der Waals surface area contributed by atoms with Gasteiger partial charge in [-0.2, -0.15) is 0 Å². The predicted octanol–water partition coefficient (Wildman–Crippen LogP) is 5.15. The van der Waals surface area contributed by atoms with Crippen molar-refractivity contribution in [2.24, 2.45) is 4.99 Å². The van der Waals surface area contributed by atoms with Crippen LogP contribution in [-0.2, 0) is 5.41 Å². The molecule has 0 aromatic heterocycles. The first kappa shape index (κ1) is 12.9. The third-order valence-corrected chi connectivity index (χ3v) is 4.22. The summed E-state index contributed by atoms with van der Waals surface area (Å²) in [7, 11) is 0. The van der Waals surface area contributed by atoms with Crippen molar-refractivity contribution in [2.45, 2.75) is 25.7 Å². The smallest absolute Gasteiger partial charge is 0.0670 e. The Morgan fingerprint density at radius 3 is 2.50 bits per heavy atom. The summed E-state index contributed by atoms with van der Waals surface area (Å²) in [6, 6.07) is 18.9. The zero-order valence-electron chi connectivity index (χ0n) is 12.0. The highest BCUT2D eigenvalue weighted by Crippen LogP contribution is 2.42. The molecule has 0 amide bonds. The van der Waals surface area contributed by atoms with Gasteiger partial charge in [0.25, 0.3) is 0 Å². The van der Waals surface area contributed by atoms with Crippen LogP contribution < -0.4 is 0 Å². The van der Waals surface area contributed by atoms with Crippen LogP contribution in [0.1, 0.15) is 31.4 Å². The minimum atomic E-state index is 0.0296. The molecular formula is C19H19N. The summed E-state index contributed by atoms with van der Waals surface area (Å²) in [4.78, 5) is 4.71. The fourth-order valence-electron chi connectivity index (χ4n) is 2.79. The Labute approximate surface area is 120 Å². The van der Waals surface area contributed by atoms with Crippen molar-refractivity contribution in [1.29, 1.82) is 0 Å². The van der Waals surface area contributed by atoms with Crippen molar-refractivity contribution < 1.29 is 0 Å². The summed E-state index contributed by atoms with van der Waals surface area (Å²) in [6.07, 6.45) is 5.43. The molecule has 0 bridgehead atoms. The van der Waals surface area contributed by atoms with E-state index in [1.54, 1.807) is 0 Å². The van der Waals surface area contributed by atoms with Crippen LogP contribution in [0.25, 0.3) is 6.08 Å². The molecule has 1 unspecified atom stereocenters. The lowest BCUT2D eigenvalue weighted by Crippen LogP contribution is -2.26. The molecule has 0 saturated carbocycles. The summed E-state index contributed by atoms with van der Waals surface area (Å²) < 4.78 is 0. The fourth-order valence-corrected chi connectivity index (χ4v) is 2.79. The lowest BCUT2D eigenvalue weighted by molar-refractivity contribution is 0.662. The van der Waals surface area contributed by atoms with E-state index in [1.807, 2.05) is 6.07 Å². The van der Waals surface area contributed by atoms with Gasteiger partial charge in [-0.05, 0) is 37.5 Å². The largest absolute Gasteiger partial charge is 0.257 e. The van der Waals surface area contributed by atoms with E-state index in [9.17, 15) is 0 Å². The number of rotatable bonds is 3. The van der Waals surface area contributed by atoms with Gasteiger partial charge in [0, 0.05) is 11.1 Å². The van der Waals surface area contributed by atoms with Gasteiger partial charge in [0.2, 0.25) is 0 Å². The summed E-state index contributed by atoms with van der Waals surface area (Å²) in [6.45, 7) is 4.42. The topological polar surface area (TPSA) is 12.4 Å². The van der Waals surface area contributed by atoms with Gasteiger partial charge in [0.05, 0.1) is 5.69 Å². The molecule has 0 fully saturated rings. The van der Waals surface area contributed by atoms with Crippen molar-refractivity contribution in [1.82, 2.24) is 0 Å². The van der Waals surface area contributed by atoms with E-state index in [-0.39, 0.29) is 5.41 Å². The second-order valence-corrected chi connectivity index (χ2v) is 5.56. The third kappa shape index (κ3) is 2.20. The highest BCUT2D eigenvalue weighted by molar-refractivity contribution is 6.00. The van der Waals surface area contributed by atoms with Crippen molar-refractivity contribution in [3.8, 4) is 0 Å². The number of fused-ring (bicyclic) bond motifs is 1. The Hall–Kier alpha value is -2.15. The maximum atomic E-state index is 4.71. The first-order valence-electron chi connectivity index (χ1n) is 7.07. The van der Waals surface area contributed by atoms with Crippen LogP contribution in [-0.4, -0.2) is 5.71 Å². The molecular weight excluding hydrogens is 242 g/mol. The summed E-state index contributed by atoms with van der Waals surface area (Å²) in [5.74, 6) is 0. The molecule has 1 nitrogen and oxygen atoms in total. The van der Waals surface area contributed by atoms with Crippen LogP contribution in [0.15, 0.2) is 65.7 Å². The highest BCUT2D eigenvalue weighted by Gasteiger charge is 2.35. The zero-order valence-corrected chi connectivity index (χ0v) is 12.0. The Morgan fingerprint density at radius 2 is 1.70 bits per heavy atom. The molecule has 0 spiro atoms. The normalized spacial score (nSPS) is 21.0. The molecule has 0 radical (unpaired) electrons. The Kier molecular flexibility index (Phi) is 3.27. The molecule has 1 heterocycles. The summed E-state index contributed by atoms with van der Waals surface area (Å²) in [5, 5.41) is 0. The zero-order chi connectivity index (χ0) is 14.0. The lowest BCUT2D eigenvalue weighted by atomic mass is 9.77. The SMILES string of the molecule is CC1=Nc2ccccc2C1(C)C/C=C/c1ccccc1. The summed E-state index contributed by atoms with van der Waals surface area (Å²) in [5.41, 5.74) is 4.95. The first-order valence-corrected chi connectivity index (χ1v) is 7.07. The average molecular weight is 261 g/mol. The van der Waals surface area contributed by atoms with Crippen LogP contribution in [0.3, 0.4) is 0 Å². The maximum absolute atomic E-state index is 4.71. The van der Waals surface area contributed by atoms with Crippen LogP contribution in [0.2, 0.25) is 0 Å². The fraction of sp³-hybridized carbons (Fsp3) is 0.211. The Balaban J connectivity index is 1.84. The number of nitrogens with zero attached hydrogens (tertiary/aromatic N) is 1. The van der Waals surface area contributed by atoms with Crippen molar-refractivity contribution in [2.75, 3.05) is 0 Å². The molecule has 1 aliphatic heterocycles. The Bertz CT molecular complexity index is 667. The molecule has 20 heavy (non-hydrogen) atoms. The van der Waals surface area contributed by atoms with Gasteiger partial charge < -0.3 is 0 Å². The first-order chi connectivity index (χ1) is 9.70. The standard InChI is InChI=1S/C19H19N/c1-15-19(2,17-12-6-7-13-18(17)20-15)14-8-11-16-9-4-3-5-10-16/h3-13H,14H2,1-2H3/b11-8+. The van der Waals surface area contributed by atoms with E-state index >= 15 is 0 Å². The molecule has 2 aromatic rings. The monoisotopic (exact) mass is 261 g/mol. The van der Waals surface area contributed by atoms with Gasteiger partial charge in [-0.3, -0.25) is 4.99 Å². The van der Waals surface area contributed by atoms with Gasteiger partial charge in [-0.15, -0.1) is 0 Å². The Morgan fingerprint density at radius 1 is 1.00 bits per heavy atom. The van der Waals surface area contributed by atoms with E-state index in [2.05, 4.69) is 74.5 Å². The van der Waals surface area contributed by atoms with E-state index in [0.29, 0.717) is 0 Å². The number of benzene rings is 2. The number of hydrogen-bond donors (Lipinski definition) is 0. The van der Waals surface area contributed by atoms with E-state index in [0.717, 1.165) is 12.1 Å². The van der Waals surface area contributed by atoms with E-state index < -0.39 is 0 Å². The highest BCUT2D eigenvalue weighted by atomic mass is 14.8. The van der Waals surface area contributed by atoms with Crippen LogP contribution >= 0.6 is 0 Å². The third-order valence-electron chi connectivity index (χ3n) is 4.22. The molecule has 0 aliphatic carbocycles. The second kappa shape index (κ2) is 5.09. The second-order valence-electron chi connectivity index (χ2n) is 5.56. The van der Waals surface area contributed by atoms with Crippen molar-refractivity contribution in [3.63, 3.8) is 0 Å². The van der Waals surface area contributed by atoms with Crippen molar-refractivity contribution in [3.05, 3.63) is 71.8 Å². The number of aliphatic imine (C=N–C) groups is 1. The van der Waals surface area contributed by atoms with Gasteiger partial charge in [0.15, 0.2) is 0 Å². The minimum absolute atomic E-state index is 0.0296. The number of allylic oxidation sites excluding steroid dienone is 1. The minimum Gasteiger partial charge on any atom is -0.257 e. The van der Waals surface area contributed by atoms with Crippen molar-refractivity contribution >= 4 is 17.5 Å². The summed E-state index contributed by atoms with van der Waals surface area (Å²) >= 11 is 0. The lowest BCUT2D eigenvalue weighted by Gasteiger charge is -2.24. The number of hydrogen-bond acceptors (Lipinski definition) is 1. The molecule has 100 valence electrons. The molecule has 0 saturated heterocycles. The van der Waals surface area contributed by atoms with Crippen LogP contribution in [0.4, 0.5) is 5.69 Å². The average Bonchev–Trinajstić information content (AvgIpc) is 2.72. The van der Waals surface area contributed by atoms with E-state index in [4.69, 9.17) is 4.99 Å². The van der Waals surface area contributed by atoms with Gasteiger partial charge >= 0.3 is 0 Å².